The van der Waals surface area contributed by atoms with Gasteiger partial charge in [0.2, 0.25) is 0 Å². The predicted molar refractivity (Wildman–Crippen MR) is 82.0 cm³/mol. The van der Waals surface area contributed by atoms with E-state index in [1.807, 2.05) is 25.1 Å². The number of anilines is 1. The van der Waals surface area contributed by atoms with Crippen molar-refractivity contribution in [3.8, 4) is 11.8 Å². The molecule has 4 nitrogen and oxygen atoms in total. The number of benzene rings is 1. The predicted octanol–water partition coefficient (Wildman–Crippen LogP) is 2.24. The number of aliphatic hydroxyl groups excluding tert-OH is 1. The molecule has 0 aromatic heterocycles. The van der Waals surface area contributed by atoms with Crippen LogP contribution in [-0.2, 0) is 9.53 Å². The van der Waals surface area contributed by atoms with E-state index in [4.69, 9.17) is 9.84 Å². The first kappa shape index (κ1) is 15.6. The van der Waals surface area contributed by atoms with Crippen LogP contribution in [0.5, 0.6) is 0 Å². The minimum atomic E-state index is -0.345. The topological polar surface area (TPSA) is 58.6 Å². The van der Waals surface area contributed by atoms with Gasteiger partial charge in [-0.05, 0) is 43.9 Å². The molecule has 0 spiro atoms. The zero-order valence-electron chi connectivity index (χ0n) is 12.3. The summed E-state index contributed by atoms with van der Waals surface area (Å²) in [6.07, 6.45) is 2.94. The third kappa shape index (κ3) is 4.59. The summed E-state index contributed by atoms with van der Waals surface area (Å²) in [6.45, 7) is 2.66. The molecular weight excluding hydrogens is 266 g/mol. The van der Waals surface area contributed by atoms with Crippen LogP contribution >= 0.6 is 0 Å². The van der Waals surface area contributed by atoms with Crippen LogP contribution in [0.4, 0.5) is 5.69 Å². The minimum absolute atomic E-state index is 0.0570. The molecule has 1 heterocycles. The maximum absolute atomic E-state index is 12.2. The van der Waals surface area contributed by atoms with E-state index < -0.39 is 0 Å². The first-order valence-electron chi connectivity index (χ1n) is 7.33. The highest BCUT2D eigenvalue weighted by molar-refractivity contribution is 5.95. The number of rotatable bonds is 3. The number of hydrogen-bond acceptors (Lipinski definition) is 3. The van der Waals surface area contributed by atoms with E-state index in [-0.39, 0.29) is 18.6 Å². The summed E-state index contributed by atoms with van der Waals surface area (Å²) in [6, 6.07) is 5.70. The summed E-state index contributed by atoms with van der Waals surface area (Å²) < 4.78 is 5.49. The van der Waals surface area contributed by atoms with Gasteiger partial charge >= 0.3 is 0 Å². The minimum Gasteiger partial charge on any atom is -0.395 e. The molecule has 1 aliphatic heterocycles. The number of carbonyl (C=O) groups excluding carboxylic acids is 1. The largest absolute Gasteiger partial charge is 0.395 e. The van der Waals surface area contributed by atoms with E-state index in [2.05, 4.69) is 17.2 Å². The maximum Gasteiger partial charge on any atom is 0.253 e. The summed E-state index contributed by atoms with van der Waals surface area (Å²) in [5, 5.41) is 11.7. The number of nitrogens with one attached hydrogen (secondary N) is 1. The molecule has 1 atom stereocenters. The van der Waals surface area contributed by atoms with Crippen molar-refractivity contribution in [2.45, 2.75) is 38.7 Å². The van der Waals surface area contributed by atoms with Crippen LogP contribution < -0.4 is 5.32 Å². The van der Waals surface area contributed by atoms with Gasteiger partial charge in [0.15, 0.2) is 0 Å². The molecule has 2 rings (SSSR count). The highest BCUT2D eigenvalue weighted by Crippen LogP contribution is 2.19. The van der Waals surface area contributed by atoms with E-state index in [1.165, 1.54) is 0 Å². The van der Waals surface area contributed by atoms with Gasteiger partial charge in [0.1, 0.15) is 6.10 Å². The van der Waals surface area contributed by atoms with Crippen molar-refractivity contribution in [1.82, 2.24) is 0 Å². The lowest BCUT2D eigenvalue weighted by molar-refractivity contribution is -0.129. The van der Waals surface area contributed by atoms with Crippen molar-refractivity contribution in [3.05, 3.63) is 29.3 Å². The zero-order valence-corrected chi connectivity index (χ0v) is 12.3. The Morgan fingerprint density at radius 3 is 3.05 bits per heavy atom. The first-order chi connectivity index (χ1) is 10.2. The number of hydrogen-bond donors (Lipinski definition) is 2. The molecule has 1 aromatic carbocycles. The monoisotopic (exact) mass is 287 g/mol. The van der Waals surface area contributed by atoms with E-state index in [0.29, 0.717) is 13.0 Å². The zero-order chi connectivity index (χ0) is 15.1. The van der Waals surface area contributed by atoms with Gasteiger partial charge in [-0.2, -0.15) is 0 Å². The number of ether oxygens (including phenoxy) is 1. The van der Waals surface area contributed by atoms with Crippen molar-refractivity contribution in [2.24, 2.45) is 0 Å². The van der Waals surface area contributed by atoms with Gasteiger partial charge in [0, 0.05) is 24.3 Å². The molecule has 0 aliphatic carbocycles. The molecule has 0 radical (unpaired) electrons. The molecule has 0 bridgehead atoms. The molecule has 1 fully saturated rings. The SMILES string of the molecule is Cc1ccc(C#CCCO)cc1NC(=O)C1CCCCO1. The van der Waals surface area contributed by atoms with Crippen molar-refractivity contribution in [2.75, 3.05) is 18.5 Å². The van der Waals surface area contributed by atoms with E-state index in [9.17, 15) is 4.79 Å². The highest BCUT2D eigenvalue weighted by atomic mass is 16.5. The van der Waals surface area contributed by atoms with E-state index in [0.717, 1.165) is 36.1 Å². The Labute approximate surface area is 125 Å². The third-order valence-electron chi connectivity index (χ3n) is 3.44. The highest BCUT2D eigenvalue weighted by Gasteiger charge is 2.22. The second-order valence-corrected chi connectivity index (χ2v) is 5.15. The van der Waals surface area contributed by atoms with Crippen LogP contribution in [-0.4, -0.2) is 30.3 Å². The molecule has 112 valence electrons. The standard InChI is InChI=1S/C17H21NO3/c1-13-8-9-14(6-2-4-10-19)12-15(13)18-17(20)16-7-3-5-11-21-16/h8-9,12,16,19H,3-5,7,10-11H2,1H3,(H,18,20). The normalized spacial score (nSPS) is 17.7. The quantitative estimate of drug-likeness (QED) is 0.838. The molecule has 1 amide bonds. The van der Waals surface area contributed by atoms with Crippen LogP contribution in [0.2, 0.25) is 0 Å². The molecule has 4 heteroatoms. The summed E-state index contributed by atoms with van der Waals surface area (Å²) >= 11 is 0. The van der Waals surface area contributed by atoms with Crippen molar-refractivity contribution < 1.29 is 14.6 Å². The van der Waals surface area contributed by atoms with Gasteiger partial charge < -0.3 is 15.2 Å². The van der Waals surface area contributed by atoms with Gasteiger partial charge in [-0.1, -0.05) is 17.9 Å². The number of carbonyl (C=O) groups is 1. The van der Waals surface area contributed by atoms with Gasteiger partial charge in [-0.15, -0.1) is 0 Å². The fourth-order valence-corrected chi connectivity index (χ4v) is 2.22. The van der Waals surface area contributed by atoms with Gasteiger partial charge in [-0.3, -0.25) is 4.79 Å². The average molecular weight is 287 g/mol. The Morgan fingerprint density at radius 1 is 1.48 bits per heavy atom. The van der Waals surface area contributed by atoms with Crippen LogP contribution in [0.25, 0.3) is 0 Å². The third-order valence-corrected chi connectivity index (χ3v) is 3.44. The van der Waals surface area contributed by atoms with Crippen LogP contribution in [0.15, 0.2) is 18.2 Å². The lowest BCUT2D eigenvalue weighted by Crippen LogP contribution is -2.33. The lowest BCUT2D eigenvalue weighted by atomic mass is 10.1. The molecule has 1 unspecified atom stereocenters. The summed E-state index contributed by atoms with van der Waals surface area (Å²) in [7, 11) is 0. The van der Waals surface area contributed by atoms with Crippen molar-refractivity contribution >= 4 is 11.6 Å². The molecule has 0 saturated carbocycles. The molecule has 1 aromatic rings. The Kier molecular flexibility index (Phi) is 5.79. The molecule has 21 heavy (non-hydrogen) atoms. The smallest absolute Gasteiger partial charge is 0.253 e. The lowest BCUT2D eigenvalue weighted by Gasteiger charge is -2.22. The Bertz CT molecular complexity index is 551. The van der Waals surface area contributed by atoms with Crippen LogP contribution in [0.1, 0.15) is 36.8 Å². The van der Waals surface area contributed by atoms with Crippen molar-refractivity contribution in [3.63, 3.8) is 0 Å². The Balaban J connectivity index is 2.06. The summed E-state index contributed by atoms with van der Waals surface area (Å²) in [5.41, 5.74) is 2.59. The fourth-order valence-electron chi connectivity index (χ4n) is 2.22. The second-order valence-electron chi connectivity index (χ2n) is 5.15. The summed E-state index contributed by atoms with van der Waals surface area (Å²) in [5.74, 6) is 5.77. The Hall–Kier alpha value is -1.83. The van der Waals surface area contributed by atoms with Crippen LogP contribution in [0, 0.1) is 18.8 Å². The first-order valence-corrected chi connectivity index (χ1v) is 7.33. The average Bonchev–Trinajstić information content (AvgIpc) is 2.51. The van der Waals surface area contributed by atoms with Crippen molar-refractivity contribution in [1.29, 1.82) is 0 Å². The van der Waals surface area contributed by atoms with Gasteiger partial charge in [-0.25, -0.2) is 0 Å². The number of aliphatic hydroxyl groups is 1. The van der Waals surface area contributed by atoms with E-state index >= 15 is 0 Å². The van der Waals surface area contributed by atoms with Crippen LogP contribution in [0.3, 0.4) is 0 Å². The molecule has 2 N–H and O–H groups in total. The van der Waals surface area contributed by atoms with Gasteiger partial charge in [0.05, 0.1) is 6.61 Å². The maximum atomic E-state index is 12.2. The number of amides is 1. The number of aryl methyl sites for hydroxylation is 1. The molecular formula is C17H21NO3. The van der Waals surface area contributed by atoms with Gasteiger partial charge in [0.25, 0.3) is 5.91 Å². The Morgan fingerprint density at radius 2 is 2.33 bits per heavy atom. The van der Waals surface area contributed by atoms with E-state index in [1.54, 1.807) is 0 Å². The molecule has 1 aliphatic rings. The fraction of sp³-hybridized carbons (Fsp3) is 0.471. The summed E-state index contributed by atoms with van der Waals surface area (Å²) in [4.78, 5) is 12.2. The second kappa shape index (κ2) is 7.82. The molecule has 1 saturated heterocycles.